The van der Waals surface area contributed by atoms with Crippen LogP contribution < -0.4 is 10.2 Å². The van der Waals surface area contributed by atoms with Gasteiger partial charge in [-0.1, -0.05) is 28.1 Å². The molecule has 3 aromatic rings. The molecule has 0 aliphatic carbocycles. The third-order valence-electron chi connectivity index (χ3n) is 4.00. The van der Waals surface area contributed by atoms with Crippen LogP contribution in [-0.2, 0) is 6.54 Å². The van der Waals surface area contributed by atoms with E-state index in [9.17, 15) is 9.18 Å². The number of nitrogens with one attached hydrogen (secondary N) is 1. The van der Waals surface area contributed by atoms with Crippen molar-refractivity contribution in [2.24, 2.45) is 0 Å². The van der Waals surface area contributed by atoms with E-state index < -0.39 is 5.82 Å². The molecule has 0 fully saturated rings. The molecule has 2 heterocycles. The van der Waals surface area contributed by atoms with Crippen LogP contribution in [-0.4, -0.2) is 10.6 Å². The highest BCUT2D eigenvalue weighted by molar-refractivity contribution is 9.10. The van der Waals surface area contributed by atoms with Crippen molar-refractivity contribution in [1.29, 1.82) is 0 Å². The number of hydrogen-bond donors (Lipinski definition) is 1. The van der Waals surface area contributed by atoms with E-state index in [0.29, 0.717) is 11.0 Å². The SMILES string of the molecule is O=C(Nc1ccc(Br)cc1F)N1Cc2cccn2-c2ccccc21. The summed E-state index contributed by atoms with van der Waals surface area (Å²) in [5.41, 5.74) is 2.87. The zero-order valence-corrected chi connectivity index (χ0v) is 14.1. The first-order valence-corrected chi connectivity index (χ1v) is 8.22. The summed E-state index contributed by atoms with van der Waals surface area (Å²) in [6.07, 6.45) is 1.97. The predicted molar refractivity (Wildman–Crippen MR) is 95.1 cm³/mol. The molecule has 0 unspecified atom stereocenters. The van der Waals surface area contributed by atoms with Gasteiger partial charge in [0.15, 0.2) is 0 Å². The lowest BCUT2D eigenvalue weighted by Crippen LogP contribution is -2.38. The topological polar surface area (TPSA) is 37.3 Å². The molecule has 0 atom stereocenters. The second-order valence-electron chi connectivity index (χ2n) is 5.50. The smallest absolute Gasteiger partial charge is 0.317 e. The van der Waals surface area contributed by atoms with Gasteiger partial charge in [0.2, 0.25) is 0 Å². The summed E-state index contributed by atoms with van der Waals surface area (Å²) in [5, 5.41) is 2.65. The van der Waals surface area contributed by atoms with E-state index in [4.69, 9.17) is 0 Å². The van der Waals surface area contributed by atoms with Gasteiger partial charge in [0, 0.05) is 16.4 Å². The Morgan fingerprint density at radius 2 is 1.88 bits per heavy atom. The number of hydrogen-bond acceptors (Lipinski definition) is 1. The third kappa shape index (κ3) is 2.49. The summed E-state index contributed by atoms with van der Waals surface area (Å²) in [6.45, 7) is 0.425. The minimum Gasteiger partial charge on any atom is -0.317 e. The molecule has 2 aromatic carbocycles. The molecular weight excluding hydrogens is 373 g/mol. The summed E-state index contributed by atoms with van der Waals surface area (Å²) in [6, 6.07) is 15.8. The number of urea groups is 1. The molecule has 24 heavy (non-hydrogen) atoms. The number of carbonyl (C=O) groups is 1. The van der Waals surface area contributed by atoms with Gasteiger partial charge in [0.1, 0.15) is 5.82 Å². The van der Waals surface area contributed by atoms with Crippen molar-refractivity contribution >= 4 is 33.3 Å². The average Bonchev–Trinajstić information content (AvgIpc) is 3.05. The van der Waals surface area contributed by atoms with E-state index in [0.717, 1.165) is 17.1 Å². The second-order valence-corrected chi connectivity index (χ2v) is 6.41. The Kier molecular flexibility index (Phi) is 3.61. The van der Waals surface area contributed by atoms with E-state index in [1.165, 1.54) is 12.1 Å². The number of benzene rings is 2. The van der Waals surface area contributed by atoms with Crippen LogP contribution in [0, 0.1) is 5.82 Å². The van der Waals surface area contributed by atoms with Crippen LogP contribution in [0.3, 0.4) is 0 Å². The standard InChI is InChI=1S/C18H13BrFN3O/c19-12-7-8-15(14(20)10-12)21-18(24)23-11-13-4-3-9-22(13)16-5-1-2-6-17(16)23/h1-10H,11H2,(H,21,24). The number of fused-ring (bicyclic) bond motifs is 3. The Morgan fingerprint density at radius 1 is 1.08 bits per heavy atom. The fourth-order valence-corrected chi connectivity index (χ4v) is 3.21. The lowest BCUT2D eigenvalue weighted by Gasteiger charge is -2.31. The van der Waals surface area contributed by atoms with Crippen molar-refractivity contribution in [3.63, 3.8) is 0 Å². The van der Waals surface area contributed by atoms with Crippen molar-refractivity contribution in [2.75, 3.05) is 10.2 Å². The van der Waals surface area contributed by atoms with Gasteiger partial charge >= 0.3 is 6.03 Å². The summed E-state index contributed by atoms with van der Waals surface area (Å²) in [4.78, 5) is 14.3. The van der Waals surface area contributed by atoms with E-state index in [-0.39, 0.29) is 11.7 Å². The molecule has 0 spiro atoms. The highest BCUT2D eigenvalue weighted by atomic mass is 79.9. The van der Waals surface area contributed by atoms with Crippen molar-refractivity contribution in [1.82, 2.24) is 4.57 Å². The zero-order valence-electron chi connectivity index (χ0n) is 12.5. The molecule has 1 N–H and O–H groups in total. The van der Waals surface area contributed by atoms with E-state index in [1.807, 2.05) is 42.6 Å². The van der Waals surface area contributed by atoms with Gasteiger partial charge in [-0.25, -0.2) is 9.18 Å². The zero-order chi connectivity index (χ0) is 16.7. The lowest BCUT2D eigenvalue weighted by atomic mass is 10.2. The number of amides is 2. The average molecular weight is 386 g/mol. The van der Waals surface area contributed by atoms with Crippen LogP contribution in [0.4, 0.5) is 20.6 Å². The molecule has 0 saturated carbocycles. The third-order valence-corrected chi connectivity index (χ3v) is 4.50. The molecule has 120 valence electrons. The van der Waals surface area contributed by atoms with E-state index >= 15 is 0 Å². The van der Waals surface area contributed by atoms with Gasteiger partial charge in [-0.3, -0.25) is 4.90 Å². The number of halogens is 2. The first kappa shape index (κ1) is 15.0. The van der Waals surface area contributed by atoms with Gasteiger partial charge in [0.25, 0.3) is 0 Å². The Labute approximate surface area is 146 Å². The molecule has 4 rings (SSSR count). The summed E-state index contributed by atoms with van der Waals surface area (Å²) in [5.74, 6) is -0.480. The molecule has 4 nitrogen and oxygen atoms in total. The number of aromatic nitrogens is 1. The van der Waals surface area contributed by atoms with Gasteiger partial charge in [-0.15, -0.1) is 0 Å². The van der Waals surface area contributed by atoms with Crippen LogP contribution in [0.25, 0.3) is 5.69 Å². The van der Waals surface area contributed by atoms with Crippen molar-refractivity contribution < 1.29 is 9.18 Å². The molecule has 1 aliphatic rings. The number of rotatable bonds is 1. The van der Waals surface area contributed by atoms with Gasteiger partial charge in [-0.2, -0.15) is 0 Å². The van der Waals surface area contributed by atoms with Gasteiger partial charge in [-0.05, 0) is 42.5 Å². The lowest BCUT2D eigenvalue weighted by molar-refractivity contribution is 0.256. The quantitative estimate of drug-likeness (QED) is 0.633. The monoisotopic (exact) mass is 385 g/mol. The normalized spacial score (nSPS) is 12.5. The van der Waals surface area contributed by atoms with Crippen LogP contribution in [0.1, 0.15) is 5.69 Å². The molecule has 0 bridgehead atoms. The first-order chi connectivity index (χ1) is 11.6. The highest BCUT2D eigenvalue weighted by Crippen LogP contribution is 2.32. The van der Waals surface area contributed by atoms with Crippen molar-refractivity contribution in [3.05, 3.63) is 76.8 Å². The van der Waals surface area contributed by atoms with Crippen LogP contribution >= 0.6 is 15.9 Å². The van der Waals surface area contributed by atoms with Crippen LogP contribution in [0.15, 0.2) is 65.3 Å². The van der Waals surface area contributed by atoms with Gasteiger partial charge in [0.05, 0.1) is 23.6 Å². The predicted octanol–water partition coefficient (Wildman–Crippen LogP) is 4.93. The molecular formula is C18H13BrFN3O. The number of anilines is 2. The summed E-state index contributed by atoms with van der Waals surface area (Å²) < 4.78 is 16.7. The number of nitrogens with zero attached hydrogens (tertiary/aromatic N) is 2. The molecule has 2 amide bonds. The molecule has 1 aliphatic heterocycles. The maximum Gasteiger partial charge on any atom is 0.326 e. The van der Waals surface area contributed by atoms with E-state index in [1.54, 1.807) is 11.0 Å². The maximum absolute atomic E-state index is 14.0. The minimum absolute atomic E-state index is 0.154. The van der Waals surface area contributed by atoms with Crippen molar-refractivity contribution in [3.8, 4) is 5.69 Å². The Morgan fingerprint density at radius 3 is 2.67 bits per heavy atom. The van der Waals surface area contributed by atoms with Crippen molar-refractivity contribution in [2.45, 2.75) is 6.54 Å². The Hall–Kier alpha value is -2.60. The number of para-hydroxylation sites is 2. The van der Waals surface area contributed by atoms with Gasteiger partial charge < -0.3 is 9.88 Å². The van der Waals surface area contributed by atoms with Crippen LogP contribution in [0.2, 0.25) is 0 Å². The van der Waals surface area contributed by atoms with E-state index in [2.05, 4.69) is 25.8 Å². The fraction of sp³-hybridized carbons (Fsp3) is 0.0556. The molecule has 0 saturated heterocycles. The van der Waals surface area contributed by atoms with Crippen LogP contribution in [0.5, 0.6) is 0 Å². The largest absolute Gasteiger partial charge is 0.326 e. The molecule has 0 radical (unpaired) electrons. The number of carbonyl (C=O) groups excluding carboxylic acids is 1. The second kappa shape index (κ2) is 5.79. The fourth-order valence-electron chi connectivity index (χ4n) is 2.88. The Balaban J connectivity index is 1.68. The Bertz CT molecular complexity index is 938. The molecule has 6 heteroatoms. The minimum atomic E-state index is -0.480. The first-order valence-electron chi connectivity index (χ1n) is 7.43. The summed E-state index contributed by atoms with van der Waals surface area (Å²) in [7, 11) is 0. The maximum atomic E-state index is 14.0. The molecule has 1 aromatic heterocycles. The summed E-state index contributed by atoms with van der Waals surface area (Å²) >= 11 is 3.21. The highest BCUT2D eigenvalue weighted by Gasteiger charge is 2.26.